The predicted molar refractivity (Wildman–Crippen MR) is 103 cm³/mol. The van der Waals surface area contributed by atoms with Crippen LogP contribution in [0, 0.1) is 13.8 Å². The Hall–Kier alpha value is -2.18. The van der Waals surface area contributed by atoms with Gasteiger partial charge in [-0.1, -0.05) is 17.7 Å². The Morgan fingerprint density at radius 1 is 1.27 bits per heavy atom. The molecule has 1 N–H and O–H groups in total. The fourth-order valence-electron chi connectivity index (χ4n) is 3.85. The van der Waals surface area contributed by atoms with Crippen molar-refractivity contribution in [3.8, 4) is 0 Å². The van der Waals surface area contributed by atoms with E-state index in [0.717, 1.165) is 42.4 Å². The van der Waals surface area contributed by atoms with Gasteiger partial charge in [0, 0.05) is 42.1 Å². The molecule has 3 aliphatic rings. The van der Waals surface area contributed by atoms with Crippen molar-refractivity contribution in [3.05, 3.63) is 46.9 Å². The van der Waals surface area contributed by atoms with Crippen LogP contribution in [0.15, 0.2) is 30.5 Å². The third-order valence-corrected chi connectivity index (χ3v) is 5.71. The molecule has 2 unspecified atom stereocenters. The van der Waals surface area contributed by atoms with Gasteiger partial charge in [-0.05, 0) is 44.0 Å². The van der Waals surface area contributed by atoms with Crippen LogP contribution in [-0.4, -0.2) is 52.5 Å². The molecule has 4 heterocycles. The van der Waals surface area contributed by atoms with Crippen LogP contribution in [0.2, 0.25) is 5.02 Å². The van der Waals surface area contributed by atoms with E-state index in [1.807, 2.05) is 38.1 Å². The van der Waals surface area contributed by atoms with Crippen LogP contribution in [-0.2, 0) is 4.79 Å². The highest BCUT2D eigenvalue weighted by atomic mass is 35.5. The Bertz CT molecular complexity index is 830. The van der Waals surface area contributed by atoms with Crippen LogP contribution in [0.1, 0.15) is 17.8 Å². The first-order valence-electron chi connectivity index (χ1n) is 8.86. The summed E-state index contributed by atoms with van der Waals surface area (Å²) in [4.78, 5) is 25.7. The second kappa shape index (κ2) is 6.85. The number of aromatic nitrogens is 2. The number of hydrogen-bond donors (Lipinski definition) is 1. The second-order valence-electron chi connectivity index (χ2n) is 7.04. The number of nitrogens with zero attached hydrogens (tertiary/aromatic N) is 4. The van der Waals surface area contributed by atoms with Gasteiger partial charge in [0.25, 0.3) is 0 Å². The van der Waals surface area contributed by atoms with E-state index < -0.39 is 0 Å². The maximum Gasteiger partial charge on any atom is 0.238 e. The summed E-state index contributed by atoms with van der Waals surface area (Å²) in [5.74, 6) is 1.78. The van der Waals surface area contributed by atoms with Crippen molar-refractivity contribution in [1.29, 1.82) is 0 Å². The van der Waals surface area contributed by atoms with E-state index in [9.17, 15) is 4.79 Å². The maximum absolute atomic E-state index is 12.5. The zero-order valence-corrected chi connectivity index (χ0v) is 15.7. The van der Waals surface area contributed by atoms with Crippen molar-refractivity contribution in [2.24, 2.45) is 0 Å². The molecule has 2 atom stereocenters. The molecule has 1 amide bonds. The number of hydrogen-bond acceptors (Lipinski definition) is 5. The van der Waals surface area contributed by atoms with E-state index in [1.165, 1.54) is 0 Å². The van der Waals surface area contributed by atoms with Crippen molar-refractivity contribution < 1.29 is 4.79 Å². The fraction of sp³-hybridized carbons (Fsp3) is 0.421. The number of carbonyl (C=O) groups is 1. The van der Waals surface area contributed by atoms with E-state index >= 15 is 0 Å². The van der Waals surface area contributed by atoms with Crippen LogP contribution < -0.4 is 10.2 Å². The zero-order chi connectivity index (χ0) is 18.3. The van der Waals surface area contributed by atoms with Gasteiger partial charge in [0.15, 0.2) is 0 Å². The summed E-state index contributed by atoms with van der Waals surface area (Å²) in [5, 5.41) is 3.66. The van der Waals surface area contributed by atoms with Crippen molar-refractivity contribution in [2.75, 3.05) is 29.9 Å². The minimum Gasteiger partial charge on any atom is -0.353 e. The van der Waals surface area contributed by atoms with E-state index in [0.29, 0.717) is 23.7 Å². The Kier molecular flexibility index (Phi) is 4.54. The number of benzene rings is 1. The van der Waals surface area contributed by atoms with Gasteiger partial charge in [-0.15, -0.1) is 0 Å². The largest absolute Gasteiger partial charge is 0.353 e. The molecular weight excluding hydrogens is 350 g/mol. The summed E-state index contributed by atoms with van der Waals surface area (Å²) in [6.07, 6.45) is 2.94. The van der Waals surface area contributed by atoms with Gasteiger partial charge in [-0.25, -0.2) is 9.97 Å². The Labute approximate surface area is 158 Å². The van der Waals surface area contributed by atoms with Gasteiger partial charge in [0.2, 0.25) is 5.91 Å². The minimum absolute atomic E-state index is 0.0106. The van der Waals surface area contributed by atoms with Gasteiger partial charge >= 0.3 is 0 Å². The highest BCUT2D eigenvalue weighted by molar-refractivity contribution is 6.31. The number of amides is 1. The first-order valence-corrected chi connectivity index (χ1v) is 9.24. The van der Waals surface area contributed by atoms with Gasteiger partial charge in [0.1, 0.15) is 11.6 Å². The molecule has 0 radical (unpaired) electrons. The number of piperidine rings is 1. The number of anilines is 2. The van der Waals surface area contributed by atoms with Crippen LogP contribution in [0.25, 0.3) is 0 Å². The molecule has 2 bridgehead atoms. The monoisotopic (exact) mass is 371 g/mol. The van der Waals surface area contributed by atoms with Crippen molar-refractivity contribution in [2.45, 2.75) is 32.4 Å². The molecule has 6 nitrogen and oxygen atoms in total. The predicted octanol–water partition coefficient (Wildman–Crippen LogP) is 2.65. The lowest BCUT2D eigenvalue weighted by Crippen LogP contribution is -2.69. The lowest BCUT2D eigenvalue weighted by molar-refractivity contribution is -0.121. The molecular formula is C19H22ClN5O. The first-order chi connectivity index (χ1) is 12.5. The standard InChI is InChI=1S/C19H22ClN5O/c1-12-16(20)4-3-5-17(12)23-19(26)11-25-14-8-15(25)10-24(9-14)18-6-7-21-13(2)22-18/h3-7,14-15H,8-11H2,1-2H3,(H,23,26). The maximum atomic E-state index is 12.5. The average molecular weight is 372 g/mol. The number of piperazine rings is 1. The molecule has 136 valence electrons. The van der Waals surface area contributed by atoms with Crippen molar-refractivity contribution in [1.82, 2.24) is 14.9 Å². The lowest BCUT2D eigenvalue weighted by Gasteiger charge is -2.56. The van der Waals surface area contributed by atoms with E-state index in [1.54, 1.807) is 6.20 Å². The molecule has 0 aliphatic carbocycles. The molecule has 2 aromatic rings. The summed E-state index contributed by atoms with van der Waals surface area (Å²) in [6, 6.07) is 8.32. The minimum atomic E-state index is 0.0106. The fourth-order valence-corrected chi connectivity index (χ4v) is 4.03. The molecule has 0 saturated carbocycles. The number of fused-ring (bicyclic) bond motifs is 2. The molecule has 1 aromatic carbocycles. The smallest absolute Gasteiger partial charge is 0.238 e. The summed E-state index contributed by atoms with van der Waals surface area (Å²) >= 11 is 6.13. The van der Waals surface area contributed by atoms with Crippen molar-refractivity contribution >= 4 is 29.0 Å². The van der Waals surface area contributed by atoms with E-state index in [2.05, 4.69) is 25.1 Å². The normalized spacial score (nSPS) is 22.0. The van der Waals surface area contributed by atoms with Crippen LogP contribution in [0.4, 0.5) is 11.5 Å². The Morgan fingerprint density at radius 2 is 2.04 bits per heavy atom. The van der Waals surface area contributed by atoms with Crippen LogP contribution in [0.5, 0.6) is 0 Å². The SMILES string of the molecule is Cc1nccc(N2CC3CC(C2)N3CC(=O)Nc2cccc(Cl)c2C)n1. The van der Waals surface area contributed by atoms with Gasteiger partial charge in [0.05, 0.1) is 6.54 Å². The molecule has 3 fully saturated rings. The quantitative estimate of drug-likeness (QED) is 0.895. The molecule has 3 saturated heterocycles. The molecule has 7 heteroatoms. The molecule has 5 rings (SSSR count). The Balaban J connectivity index is 1.36. The summed E-state index contributed by atoms with van der Waals surface area (Å²) < 4.78 is 0. The average Bonchev–Trinajstić information content (AvgIpc) is 2.63. The third-order valence-electron chi connectivity index (χ3n) is 5.30. The summed E-state index contributed by atoms with van der Waals surface area (Å²) in [6.45, 7) is 6.03. The van der Waals surface area contributed by atoms with E-state index in [4.69, 9.17) is 11.6 Å². The Morgan fingerprint density at radius 3 is 2.77 bits per heavy atom. The van der Waals surface area contributed by atoms with Crippen LogP contribution >= 0.6 is 11.6 Å². The summed E-state index contributed by atoms with van der Waals surface area (Å²) in [7, 11) is 0. The highest BCUT2D eigenvalue weighted by Crippen LogP contribution is 2.34. The summed E-state index contributed by atoms with van der Waals surface area (Å²) in [5.41, 5.74) is 1.68. The number of rotatable bonds is 4. The highest BCUT2D eigenvalue weighted by Gasteiger charge is 2.45. The number of nitrogens with one attached hydrogen (secondary N) is 1. The molecule has 1 aromatic heterocycles. The third kappa shape index (κ3) is 3.27. The second-order valence-corrected chi connectivity index (χ2v) is 7.45. The zero-order valence-electron chi connectivity index (χ0n) is 14.9. The lowest BCUT2D eigenvalue weighted by atomic mass is 9.87. The van der Waals surface area contributed by atoms with Crippen molar-refractivity contribution in [3.63, 3.8) is 0 Å². The van der Waals surface area contributed by atoms with Gasteiger partial charge in [-0.2, -0.15) is 0 Å². The van der Waals surface area contributed by atoms with E-state index in [-0.39, 0.29) is 5.91 Å². The van der Waals surface area contributed by atoms with Crippen LogP contribution in [0.3, 0.4) is 0 Å². The number of halogens is 1. The molecule has 26 heavy (non-hydrogen) atoms. The molecule has 0 spiro atoms. The topological polar surface area (TPSA) is 61.4 Å². The molecule has 3 aliphatic heterocycles. The first kappa shape index (κ1) is 17.2. The van der Waals surface area contributed by atoms with Gasteiger partial charge in [-0.3, -0.25) is 9.69 Å². The van der Waals surface area contributed by atoms with Gasteiger partial charge < -0.3 is 10.2 Å². The number of aryl methyl sites for hydroxylation is 1. The number of carbonyl (C=O) groups excluding carboxylic acids is 1.